The number of benzene rings is 1. The van der Waals surface area contributed by atoms with Gasteiger partial charge >= 0.3 is 0 Å². The van der Waals surface area contributed by atoms with Gasteiger partial charge in [-0.3, -0.25) is 0 Å². The molecule has 0 radical (unpaired) electrons. The Balaban J connectivity index is 2.29. The fraction of sp³-hybridized carbons (Fsp3) is 0.100. The van der Waals surface area contributed by atoms with Gasteiger partial charge in [-0.2, -0.15) is 15.6 Å². The maximum absolute atomic E-state index is 8.49. The summed E-state index contributed by atoms with van der Waals surface area (Å²) in [5, 5.41) is 24.2. The number of rotatable bonds is 2. The molecule has 0 aliphatic rings. The lowest BCUT2D eigenvalue weighted by Crippen LogP contribution is -1.92. The van der Waals surface area contributed by atoms with Crippen molar-refractivity contribution in [2.24, 2.45) is 10.2 Å². The molecule has 1 N–H and O–H groups in total. The summed E-state index contributed by atoms with van der Waals surface area (Å²) in [6.45, 7) is 0. The van der Waals surface area contributed by atoms with Crippen molar-refractivity contribution in [3.8, 4) is 12.1 Å². The lowest BCUT2D eigenvalue weighted by atomic mass is 10.3. The van der Waals surface area contributed by atoms with Gasteiger partial charge in [-0.05, 0) is 12.1 Å². The molecule has 0 aliphatic heterocycles. The van der Waals surface area contributed by atoms with Crippen LogP contribution < -0.4 is 0 Å². The third-order valence-corrected chi connectivity index (χ3v) is 1.89. The first-order chi connectivity index (χ1) is 7.83. The summed E-state index contributed by atoms with van der Waals surface area (Å²) < 4.78 is 0. The van der Waals surface area contributed by atoms with E-state index in [0.29, 0.717) is 0 Å². The van der Waals surface area contributed by atoms with Gasteiger partial charge < -0.3 is 4.98 Å². The third-order valence-electron chi connectivity index (χ3n) is 1.89. The lowest BCUT2D eigenvalue weighted by Gasteiger charge is -1.85. The number of fused-ring (bicyclic) bond motifs is 1. The molecule has 6 heteroatoms. The van der Waals surface area contributed by atoms with E-state index in [2.05, 4.69) is 20.2 Å². The van der Waals surface area contributed by atoms with Crippen molar-refractivity contribution in [1.82, 2.24) is 9.97 Å². The Hall–Kier alpha value is -2.73. The third kappa shape index (κ3) is 1.86. The SMILES string of the molecule is N#CC(C#N)N=Nc1nc2ccccc2[nH]1. The van der Waals surface area contributed by atoms with Crippen molar-refractivity contribution in [3.63, 3.8) is 0 Å². The van der Waals surface area contributed by atoms with Crippen LogP contribution in [0.2, 0.25) is 0 Å². The van der Waals surface area contributed by atoms with E-state index >= 15 is 0 Å². The molecule has 0 saturated heterocycles. The molecule has 0 fully saturated rings. The maximum Gasteiger partial charge on any atom is 0.247 e. The molecule has 1 aromatic heterocycles. The number of aromatic amines is 1. The molecule has 1 heterocycles. The van der Waals surface area contributed by atoms with E-state index in [1.54, 1.807) is 12.1 Å². The van der Waals surface area contributed by atoms with Crippen LogP contribution in [-0.4, -0.2) is 16.0 Å². The smallest absolute Gasteiger partial charge is 0.247 e. The first-order valence-electron chi connectivity index (χ1n) is 4.48. The average Bonchev–Trinajstić information content (AvgIpc) is 2.73. The van der Waals surface area contributed by atoms with Gasteiger partial charge in [-0.25, -0.2) is 4.98 Å². The monoisotopic (exact) mass is 210 g/mol. The Labute approximate surface area is 90.9 Å². The number of hydrogen-bond donors (Lipinski definition) is 1. The molecule has 1 aromatic carbocycles. The number of para-hydroxylation sites is 2. The van der Waals surface area contributed by atoms with Crippen LogP contribution in [0.25, 0.3) is 11.0 Å². The summed E-state index contributed by atoms with van der Waals surface area (Å²) >= 11 is 0. The number of aromatic nitrogens is 2. The van der Waals surface area contributed by atoms with Crippen LogP contribution in [0.15, 0.2) is 34.5 Å². The topological polar surface area (TPSA) is 101 Å². The summed E-state index contributed by atoms with van der Waals surface area (Å²) in [5.41, 5.74) is 1.60. The molecular weight excluding hydrogens is 204 g/mol. The first-order valence-corrected chi connectivity index (χ1v) is 4.48. The van der Waals surface area contributed by atoms with E-state index in [1.165, 1.54) is 0 Å². The summed E-state index contributed by atoms with van der Waals surface area (Å²) in [4.78, 5) is 7.03. The highest BCUT2D eigenvalue weighted by molar-refractivity contribution is 5.76. The van der Waals surface area contributed by atoms with Gasteiger partial charge in [0, 0.05) is 0 Å². The molecule has 0 aliphatic carbocycles. The van der Waals surface area contributed by atoms with Crippen LogP contribution in [0.4, 0.5) is 5.95 Å². The molecule has 16 heavy (non-hydrogen) atoms. The number of imidazole rings is 1. The van der Waals surface area contributed by atoms with Gasteiger partial charge in [-0.15, -0.1) is 5.11 Å². The Morgan fingerprint density at radius 2 is 2.00 bits per heavy atom. The normalized spacial score (nSPS) is 10.7. The minimum atomic E-state index is -1.09. The van der Waals surface area contributed by atoms with Gasteiger partial charge in [0.25, 0.3) is 0 Å². The zero-order chi connectivity index (χ0) is 11.4. The van der Waals surface area contributed by atoms with E-state index in [1.807, 2.05) is 24.3 Å². The second kappa shape index (κ2) is 4.20. The van der Waals surface area contributed by atoms with E-state index in [-0.39, 0.29) is 5.95 Å². The molecule has 0 amide bonds. The van der Waals surface area contributed by atoms with Crippen LogP contribution in [-0.2, 0) is 0 Å². The van der Waals surface area contributed by atoms with Crippen LogP contribution in [0, 0.1) is 22.7 Å². The van der Waals surface area contributed by atoms with E-state index < -0.39 is 6.04 Å². The van der Waals surface area contributed by atoms with Crippen LogP contribution in [0.5, 0.6) is 0 Å². The van der Waals surface area contributed by atoms with E-state index in [0.717, 1.165) is 11.0 Å². The minimum Gasteiger partial charge on any atom is -0.321 e. The second-order valence-electron chi connectivity index (χ2n) is 2.95. The van der Waals surface area contributed by atoms with Crippen LogP contribution in [0.3, 0.4) is 0 Å². The fourth-order valence-electron chi connectivity index (χ4n) is 1.18. The molecule has 0 bridgehead atoms. The molecule has 2 rings (SSSR count). The zero-order valence-corrected chi connectivity index (χ0v) is 8.12. The van der Waals surface area contributed by atoms with Crippen molar-refractivity contribution >= 4 is 17.0 Å². The van der Waals surface area contributed by atoms with Crippen molar-refractivity contribution in [2.45, 2.75) is 6.04 Å². The second-order valence-corrected chi connectivity index (χ2v) is 2.95. The number of azo groups is 1. The minimum absolute atomic E-state index is 0.289. The molecule has 0 saturated carbocycles. The predicted octanol–water partition coefficient (Wildman–Crippen LogP) is 2.06. The highest BCUT2D eigenvalue weighted by Gasteiger charge is 2.03. The van der Waals surface area contributed by atoms with Crippen molar-refractivity contribution in [2.75, 3.05) is 0 Å². The molecule has 0 spiro atoms. The molecule has 6 nitrogen and oxygen atoms in total. The Morgan fingerprint density at radius 3 is 2.69 bits per heavy atom. The number of H-pyrrole nitrogens is 1. The zero-order valence-electron chi connectivity index (χ0n) is 8.12. The Morgan fingerprint density at radius 1 is 1.25 bits per heavy atom. The fourth-order valence-corrected chi connectivity index (χ4v) is 1.18. The predicted molar refractivity (Wildman–Crippen MR) is 55.6 cm³/mol. The van der Waals surface area contributed by atoms with Crippen LogP contribution >= 0.6 is 0 Å². The van der Waals surface area contributed by atoms with Gasteiger partial charge in [0.05, 0.1) is 11.0 Å². The Bertz CT molecular complexity index is 565. The summed E-state index contributed by atoms with van der Waals surface area (Å²) in [6.07, 6.45) is 0. The van der Waals surface area contributed by atoms with Gasteiger partial charge in [0.15, 0.2) is 0 Å². The highest BCUT2D eigenvalue weighted by Crippen LogP contribution is 2.15. The molecular formula is C10H6N6. The summed E-state index contributed by atoms with van der Waals surface area (Å²) in [6, 6.07) is 9.71. The van der Waals surface area contributed by atoms with Crippen LogP contribution in [0.1, 0.15) is 0 Å². The van der Waals surface area contributed by atoms with E-state index in [4.69, 9.17) is 10.5 Å². The quantitative estimate of drug-likeness (QED) is 0.767. The summed E-state index contributed by atoms with van der Waals surface area (Å²) in [7, 11) is 0. The average molecular weight is 210 g/mol. The largest absolute Gasteiger partial charge is 0.321 e. The van der Waals surface area contributed by atoms with E-state index in [9.17, 15) is 0 Å². The summed E-state index contributed by atoms with van der Waals surface area (Å²) in [5.74, 6) is 0.289. The first kappa shape index (κ1) is 9.81. The number of nitriles is 2. The van der Waals surface area contributed by atoms with Crippen molar-refractivity contribution < 1.29 is 0 Å². The van der Waals surface area contributed by atoms with Crippen molar-refractivity contribution in [1.29, 1.82) is 10.5 Å². The Kier molecular flexibility index (Phi) is 2.57. The van der Waals surface area contributed by atoms with Gasteiger partial charge in [0.1, 0.15) is 12.1 Å². The molecule has 76 valence electrons. The highest BCUT2D eigenvalue weighted by atomic mass is 15.2. The molecule has 0 unspecified atom stereocenters. The maximum atomic E-state index is 8.49. The van der Waals surface area contributed by atoms with Crippen molar-refractivity contribution in [3.05, 3.63) is 24.3 Å². The number of nitrogens with zero attached hydrogens (tertiary/aromatic N) is 5. The molecule has 0 atom stereocenters. The standard InChI is InChI=1S/C10H6N6/c11-5-7(6-12)15-16-10-13-8-3-1-2-4-9(8)14-10/h1-4,7H,(H,13,14). The number of hydrogen-bond acceptors (Lipinski definition) is 5. The lowest BCUT2D eigenvalue weighted by molar-refractivity contribution is 0.931. The van der Waals surface area contributed by atoms with Gasteiger partial charge in [-0.1, -0.05) is 12.1 Å². The number of nitrogens with one attached hydrogen (secondary N) is 1. The molecule has 2 aromatic rings. The van der Waals surface area contributed by atoms with Gasteiger partial charge in [0.2, 0.25) is 12.0 Å².